The summed E-state index contributed by atoms with van der Waals surface area (Å²) in [5.74, 6) is -2.54. The minimum Gasteiger partial charge on any atom is -0.463 e. The number of ether oxygens (including phenoxy) is 8. The van der Waals surface area contributed by atoms with Crippen molar-refractivity contribution in [3.8, 4) is 0 Å². The van der Waals surface area contributed by atoms with E-state index in [4.69, 9.17) is 37.9 Å². The van der Waals surface area contributed by atoms with Crippen LogP contribution in [0.25, 0.3) is 10.4 Å². The van der Waals surface area contributed by atoms with Crippen LogP contribution in [0.5, 0.6) is 0 Å². The van der Waals surface area contributed by atoms with Gasteiger partial charge in [0.1, 0.15) is 32.2 Å². The Hall–Kier alpha value is -4.57. The molecule has 16 heteroatoms. The van der Waals surface area contributed by atoms with E-state index in [1.54, 1.807) is 31.2 Å². The van der Waals surface area contributed by atoms with Gasteiger partial charge in [0.2, 0.25) is 5.91 Å². The van der Waals surface area contributed by atoms with Crippen LogP contribution in [0.15, 0.2) is 65.8 Å². The topological polar surface area (TPSA) is 194 Å². The van der Waals surface area contributed by atoms with Crippen LogP contribution in [-0.2, 0) is 65.5 Å². The molecule has 16 nitrogen and oxygen atoms in total. The molecule has 2 fully saturated rings. The van der Waals surface area contributed by atoms with Gasteiger partial charge in [-0.3, -0.25) is 14.4 Å². The Kier molecular flexibility index (Phi) is 14.7. The highest BCUT2D eigenvalue weighted by atomic mass is 16.7. The molecule has 2 aromatic rings. The van der Waals surface area contributed by atoms with Crippen molar-refractivity contribution in [1.82, 2.24) is 4.90 Å². The highest BCUT2D eigenvalue weighted by Gasteiger charge is 2.50. The summed E-state index contributed by atoms with van der Waals surface area (Å²) in [7, 11) is 0. The zero-order valence-corrected chi connectivity index (χ0v) is 29.2. The lowest BCUT2D eigenvalue weighted by Crippen LogP contribution is -2.60. The van der Waals surface area contributed by atoms with Crippen LogP contribution in [0, 0.1) is 5.92 Å². The second-order valence-corrected chi connectivity index (χ2v) is 12.2. The van der Waals surface area contributed by atoms with Crippen molar-refractivity contribution >= 4 is 23.9 Å². The standard InChI is InChI=1S/C35H44N4O12/c1-21-16-28(45-17-26-12-8-6-9-13-26)32(49-25(5)42)34(48-21)51-31-22(2)30(37-38-36)33(50-29(31)19-44-24(4)41)47-20-39(23(3)40)35(43)46-18-27-14-10-7-11-15-27/h6-15,21-22,28-34H,16-20H2,1-5H3/t21?,22-,28?,29?,30?,31+,32+,33-,34+/m1/s1. The Morgan fingerprint density at radius 1 is 0.843 bits per heavy atom. The Morgan fingerprint density at radius 3 is 2.08 bits per heavy atom. The van der Waals surface area contributed by atoms with E-state index >= 15 is 0 Å². The quantitative estimate of drug-likeness (QED) is 0.0650. The Labute approximate surface area is 295 Å². The molecule has 4 unspecified atom stereocenters. The number of imide groups is 1. The van der Waals surface area contributed by atoms with Crippen molar-refractivity contribution in [3.05, 3.63) is 82.2 Å². The maximum absolute atomic E-state index is 12.8. The molecular formula is C35H44N4O12. The molecule has 2 heterocycles. The molecule has 0 aliphatic carbocycles. The van der Waals surface area contributed by atoms with E-state index in [-0.39, 0.29) is 25.9 Å². The first-order valence-electron chi connectivity index (χ1n) is 16.5. The number of carbonyl (C=O) groups excluding carboxylic acids is 4. The van der Waals surface area contributed by atoms with Crippen LogP contribution in [0.4, 0.5) is 4.79 Å². The normalized spacial score (nSPS) is 27.4. The van der Waals surface area contributed by atoms with Gasteiger partial charge < -0.3 is 37.9 Å². The number of azide groups is 1. The predicted molar refractivity (Wildman–Crippen MR) is 177 cm³/mol. The summed E-state index contributed by atoms with van der Waals surface area (Å²) in [4.78, 5) is 53.1. The van der Waals surface area contributed by atoms with Crippen molar-refractivity contribution in [1.29, 1.82) is 0 Å². The molecule has 0 aromatic heterocycles. The summed E-state index contributed by atoms with van der Waals surface area (Å²) in [5.41, 5.74) is 11.1. The molecule has 2 saturated heterocycles. The van der Waals surface area contributed by atoms with Crippen LogP contribution in [0.1, 0.15) is 52.2 Å². The van der Waals surface area contributed by atoms with E-state index in [2.05, 4.69) is 10.0 Å². The molecule has 0 N–H and O–H groups in total. The molecule has 2 aliphatic rings. The van der Waals surface area contributed by atoms with Gasteiger partial charge in [-0.05, 0) is 29.5 Å². The van der Waals surface area contributed by atoms with Crippen LogP contribution in [-0.4, -0.2) is 91.3 Å². The van der Waals surface area contributed by atoms with Gasteiger partial charge in [-0.2, -0.15) is 0 Å². The molecule has 0 spiro atoms. The third kappa shape index (κ3) is 11.5. The predicted octanol–water partition coefficient (Wildman–Crippen LogP) is 4.79. The van der Waals surface area contributed by atoms with E-state index in [1.165, 1.54) is 13.8 Å². The van der Waals surface area contributed by atoms with E-state index in [9.17, 15) is 24.7 Å². The van der Waals surface area contributed by atoms with Crippen LogP contribution < -0.4 is 0 Å². The Morgan fingerprint density at radius 2 is 1.49 bits per heavy atom. The SMILES string of the molecule is CC(=O)OCC1O[C@@H](OCN(C(C)=O)C(=O)OCc2ccccc2)C(N=[N+]=[N-])[C@@H](C)[C@@H]1O[C@@H]1OC(C)CC(OCc2ccccc2)[C@@H]1OC(C)=O. The molecule has 51 heavy (non-hydrogen) atoms. The van der Waals surface area contributed by atoms with E-state index < -0.39 is 79.6 Å². The first kappa shape index (κ1) is 39.2. The molecule has 9 atom stereocenters. The molecule has 2 aliphatic heterocycles. The van der Waals surface area contributed by atoms with Crippen molar-refractivity contribution in [3.63, 3.8) is 0 Å². The number of amides is 2. The van der Waals surface area contributed by atoms with Gasteiger partial charge >= 0.3 is 18.0 Å². The smallest absolute Gasteiger partial charge is 0.418 e. The van der Waals surface area contributed by atoms with Crippen LogP contribution in [0.2, 0.25) is 0 Å². The first-order chi connectivity index (χ1) is 24.5. The summed E-state index contributed by atoms with van der Waals surface area (Å²) in [6, 6.07) is 17.3. The number of hydrogen-bond acceptors (Lipinski definition) is 13. The minimum absolute atomic E-state index is 0.0837. The number of esters is 2. The summed E-state index contributed by atoms with van der Waals surface area (Å²) in [5, 5.41) is 3.90. The van der Waals surface area contributed by atoms with Gasteiger partial charge in [0, 0.05) is 32.1 Å². The molecule has 0 radical (unpaired) electrons. The zero-order chi connectivity index (χ0) is 36.9. The maximum Gasteiger partial charge on any atom is 0.418 e. The lowest BCUT2D eigenvalue weighted by molar-refractivity contribution is -0.329. The fraction of sp³-hybridized carbons (Fsp3) is 0.543. The number of nitrogens with zero attached hydrogens (tertiary/aromatic N) is 4. The average molecular weight is 713 g/mol. The van der Waals surface area contributed by atoms with Gasteiger partial charge in [-0.1, -0.05) is 72.7 Å². The van der Waals surface area contributed by atoms with Gasteiger partial charge in [0.25, 0.3) is 0 Å². The van der Waals surface area contributed by atoms with Crippen molar-refractivity contribution in [2.45, 2.75) is 103 Å². The maximum atomic E-state index is 12.8. The zero-order valence-electron chi connectivity index (χ0n) is 29.2. The summed E-state index contributed by atoms with van der Waals surface area (Å²) < 4.78 is 47.2. The lowest BCUT2D eigenvalue weighted by atomic mass is 9.88. The molecule has 0 bridgehead atoms. The van der Waals surface area contributed by atoms with Crippen molar-refractivity contribution < 1.29 is 57.1 Å². The largest absolute Gasteiger partial charge is 0.463 e. The Balaban J connectivity index is 1.53. The van der Waals surface area contributed by atoms with Gasteiger partial charge in [-0.15, -0.1) is 0 Å². The van der Waals surface area contributed by atoms with Crippen LogP contribution in [0.3, 0.4) is 0 Å². The average Bonchev–Trinajstić information content (AvgIpc) is 3.10. The van der Waals surface area contributed by atoms with Crippen molar-refractivity contribution in [2.75, 3.05) is 13.3 Å². The molecule has 276 valence electrons. The third-order valence-corrected chi connectivity index (χ3v) is 8.29. The summed E-state index contributed by atoms with van der Waals surface area (Å²) in [6.45, 7) is 6.43. The van der Waals surface area contributed by atoms with Gasteiger partial charge in [0.15, 0.2) is 18.7 Å². The fourth-order valence-electron chi connectivity index (χ4n) is 5.76. The second-order valence-electron chi connectivity index (χ2n) is 12.2. The molecule has 0 saturated carbocycles. The lowest BCUT2D eigenvalue weighted by Gasteiger charge is -2.47. The highest BCUT2D eigenvalue weighted by Crippen LogP contribution is 2.36. The summed E-state index contributed by atoms with van der Waals surface area (Å²) in [6.07, 6.45) is -7.03. The summed E-state index contributed by atoms with van der Waals surface area (Å²) >= 11 is 0. The van der Waals surface area contributed by atoms with E-state index in [0.29, 0.717) is 12.0 Å². The highest BCUT2D eigenvalue weighted by molar-refractivity contribution is 5.90. The number of benzene rings is 2. The Bertz CT molecular complexity index is 1510. The van der Waals surface area contributed by atoms with Gasteiger partial charge in [0.05, 0.1) is 24.9 Å². The monoisotopic (exact) mass is 712 g/mol. The van der Waals surface area contributed by atoms with Gasteiger partial charge in [-0.25, -0.2) is 9.69 Å². The fourth-order valence-corrected chi connectivity index (χ4v) is 5.76. The first-order valence-corrected chi connectivity index (χ1v) is 16.5. The van der Waals surface area contributed by atoms with Crippen molar-refractivity contribution in [2.24, 2.45) is 11.0 Å². The minimum atomic E-state index is -1.32. The molecule has 2 aromatic carbocycles. The van der Waals surface area contributed by atoms with E-state index in [1.807, 2.05) is 43.3 Å². The molecular weight excluding hydrogens is 668 g/mol. The van der Waals surface area contributed by atoms with Crippen LogP contribution >= 0.6 is 0 Å². The molecule has 2 amide bonds. The second kappa shape index (κ2) is 19.2. The molecule has 4 rings (SSSR count). The number of carbonyl (C=O) groups is 4. The number of hydrogen-bond donors (Lipinski definition) is 0. The number of rotatable bonds is 14. The third-order valence-electron chi connectivity index (χ3n) is 8.29. The van der Waals surface area contributed by atoms with E-state index in [0.717, 1.165) is 17.4 Å².